The van der Waals surface area contributed by atoms with E-state index in [9.17, 15) is 13.2 Å². The highest BCUT2D eigenvalue weighted by Gasteiger charge is 2.46. The fourth-order valence-electron chi connectivity index (χ4n) is 3.22. The topological polar surface area (TPSA) is 75.5 Å². The number of aromatic nitrogens is 2. The quantitative estimate of drug-likeness (QED) is 0.767. The van der Waals surface area contributed by atoms with Crippen LogP contribution < -0.4 is 4.90 Å². The molecule has 1 unspecified atom stereocenters. The Morgan fingerprint density at radius 1 is 1.32 bits per heavy atom. The minimum Gasteiger partial charge on any atom is -0.294 e. The molecule has 1 aromatic rings. The molecule has 1 atom stereocenters. The van der Waals surface area contributed by atoms with Gasteiger partial charge in [-0.2, -0.15) is 5.10 Å². The van der Waals surface area contributed by atoms with Gasteiger partial charge in [0.15, 0.2) is 15.7 Å². The molecule has 3 rings (SSSR count). The predicted octanol–water partition coefficient (Wildman–Crippen LogP) is 0.0344. The Morgan fingerprint density at radius 3 is 2.64 bits per heavy atom. The summed E-state index contributed by atoms with van der Waals surface area (Å²) in [6.45, 7) is 4.94. The number of rotatable bonds is 2. The highest BCUT2D eigenvalue weighted by Crippen LogP contribution is 2.29. The molecule has 2 saturated heterocycles. The van der Waals surface area contributed by atoms with E-state index in [0.717, 1.165) is 0 Å². The van der Waals surface area contributed by atoms with Crippen molar-refractivity contribution in [2.75, 3.05) is 30.3 Å². The number of anilines is 1. The lowest BCUT2D eigenvalue weighted by molar-refractivity contribution is -0.121. The van der Waals surface area contributed by atoms with Crippen molar-refractivity contribution in [2.45, 2.75) is 31.1 Å². The fourth-order valence-corrected chi connectivity index (χ4v) is 4.61. The SMILES string of the molecule is Cn1ccc(N2CCC(N3CCS(=O)(=O)C(C)(C)C3)C2=O)n1. The second kappa shape index (κ2) is 5.06. The third kappa shape index (κ3) is 2.44. The highest BCUT2D eigenvalue weighted by atomic mass is 32.2. The Labute approximate surface area is 130 Å². The Balaban J connectivity index is 1.76. The van der Waals surface area contributed by atoms with Gasteiger partial charge in [-0.3, -0.25) is 19.3 Å². The van der Waals surface area contributed by atoms with Crippen LogP contribution in [0.15, 0.2) is 12.3 Å². The lowest BCUT2D eigenvalue weighted by Crippen LogP contribution is -2.57. The highest BCUT2D eigenvalue weighted by molar-refractivity contribution is 7.92. The summed E-state index contributed by atoms with van der Waals surface area (Å²) in [6.07, 6.45) is 2.53. The van der Waals surface area contributed by atoms with E-state index in [-0.39, 0.29) is 17.7 Å². The van der Waals surface area contributed by atoms with Crippen molar-refractivity contribution in [3.8, 4) is 0 Å². The molecule has 0 radical (unpaired) electrons. The van der Waals surface area contributed by atoms with E-state index in [1.165, 1.54) is 0 Å². The molecule has 0 aromatic carbocycles. The molecule has 8 heteroatoms. The first-order valence-electron chi connectivity index (χ1n) is 7.49. The first-order valence-corrected chi connectivity index (χ1v) is 9.14. The van der Waals surface area contributed by atoms with Crippen LogP contribution in [0.3, 0.4) is 0 Å². The Bertz CT molecular complexity index is 695. The zero-order chi connectivity index (χ0) is 16.1. The van der Waals surface area contributed by atoms with E-state index in [1.54, 1.807) is 23.4 Å². The summed E-state index contributed by atoms with van der Waals surface area (Å²) in [5.41, 5.74) is 0. The summed E-state index contributed by atoms with van der Waals surface area (Å²) < 4.78 is 25.1. The van der Waals surface area contributed by atoms with Crippen LogP contribution in [-0.2, 0) is 21.7 Å². The van der Waals surface area contributed by atoms with E-state index < -0.39 is 14.6 Å². The van der Waals surface area contributed by atoms with Gasteiger partial charge in [0.2, 0.25) is 5.91 Å². The molecule has 0 saturated carbocycles. The standard InChI is InChI=1S/C14H22N4O3S/c1-14(2)10-17(8-9-22(14,20)21)11-4-7-18(13(11)19)12-5-6-16(3)15-12/h5-6,11H,4,7-10H2,1-3H3. The molecule has 0 N–H and O–H groups in total. The number of hydrogen-bond donors (Lipinski definition) is 0. The molecule has 3 heterocycles. The fraction of sp³-hybridized carbons (Fsp3) is 0.714. The van der Waals surface area contributed by atoms with Crippen molar-refractivity contribution < 1.29 is 13.2 Å². The Hall–Kier alpha value is -1.41. The number of carbonyl (C=O) groups excluding carboxylic acids is 1. The lowest BCUT2D eigenvalue weighted by Gasteiger charge is -2.39. The summed E-state index contributed by atoms with van der Waals surface area (Å²) >= 11 is 0. The van der Waals surface area contributed by atoms with Crippen LogP contribution in [0.25, 0.3) is 0 Å². The second-order valence-electron chi connectivity index (χ2n) is 6.69. The first kappa shape index (κ1) is 15.5. The zero-order valence-corrected chi connectivity index (χ0v) is 14.0. The molecular weight excluding hydrogens is 304 g/mol. The van der Waals surface area contributed by atoms with Crippen molar-refractivity contribution in [3.63, 3.8) is 0 Å². The molecular formula is C14H22N4O3S. The minimum atomic E-state index is -3.09. The summed E-state index contributed by atoms with van der Waals surface area (Å²) in [6, 6.07) is 1.59. The van der Waals surface area contributed by atoms with Gasteiger partial charge in [-0.15, -0.1) is 0 Å². The largest absolute Gasteiger partial charge is 0.294 e. The number of carbonyl (C=O) groups is 1. The van der Waals surface area contributed by atoms with Crippen LogP contribution in [0.4, 0.5) is 5.82 Å². The van der Waals surface area contributed by atoms with Crippen LogP contribution in [0.5, 0.6) is 0 Å². The van der Waals surface area contributed by atoms with Gasteiger partial charge in [-0.05, 0) is 20.3 Å². The van der Waals surface area contributed by atoms with Crippen LogP contribution in [0.2, 0.25) is 0 Å². The normalized spacial score (nSPS) is 28.2. The van der Waals surface area contributed by atoms with Crippen LogP contribution >= 0.6 is 0 Å². The zero-order valence-electron chi connectivity index (χ0n) is 13.2. The van der Waals surface area contributed by atoms with Gasteiger partial charge in [0.1, 0.15) is 0 Å². The summed E-state index contributed by atoms with van der Waals surface area (Å²) in [5, 5.41) is 4.28. The van der Waals surface area contributed by atoms with Gasteiger partial charge in [0.25, 0.3) is 0 Å². The van der Waals surface area contributed by atoms with Gasteiger partial charge in [-0.25, -0.2) is 8.42 Å². The van der Waals surface area contributed by atoms with Gasteiger partial charge in [-0.1, -0.05) is 0 Å². The van der Waals surface area contributed by atoms with Gasteiger partial charge >= 0.3 is 0 Å². The summed E-state index contributed by atoms with van der Waals surface area (Å²) in [7, 11) is -1.27. The molecule has 0 bridgehead atoms. The third-order valence-electron chi connectivity index (χ3n) is 4.67. The summed E-state index contributed by atoms with van der Waals surface area (Å²) in [5.74, 6) is 0.806. The van der Waals surface area contributed by atoms with Crippen molar-refractivity contribution in [2.24, 2.45) is 7.05 Å². The summed E-state index contributed by atoms with van der Waals surface area (Å²) in [4.78, 5) is 16.4. The molecule has 2 fully saturated rings. The van der Waals surface area contributed by atoms with Crippen molar-refractivity contribution in [1.82, 2.24) is 14.7 Å². The van der Waals surface area contributed by atoms with Crippen LogP contribution in [0, 0.1) is 0 Å². The maximum atomic E-state index is 12.7. The predicted molar refractivity (Wildman–Crippen MR) is 83.4 cm³/mol. The molecule has 22 heavy (non-hydrogen) atoms. The molecule has 2 aliphatic heterocycles. The Kier molecular flexibility index (Phi) is 3.56. The average molecular weight is 326 g/mol. The van der Waals surface area contributed by atoms with Gasteiger partial charge in [0, 0.05) is 38.9 Å². The number of hydrogen-bond acceptors (Lipinski definition) is 5. The molecule has 1 amide bonds. The number of sulfone groups is 1. The van der Waals surface area contributed by atoms with E-state index in [2.05, 4.69) is 5.10 Å². The van der Waals surface area contributed by atoms with Crippen LogP contribution in [-0.4, -0.2) is 65.2 Å². The van der Waals surface area contributed by atoms with Crippen LogP contribution in [0.1, 0.15) is 20.3 Å². The van der Waals surface area contributed by atoms with Gasteiger partial charge in [0.05, 0.1) is 16.5 Å². The average Bonchev–Trinajstić information content (AvgIpc) is 2.99. The van der Waals surface area contributed by atoms with E-state index >= 15 is 0 Å². The Morgan fingerprint density at radius 2 is 2.05 bits per heavy atom. The lowest BCUT2D eigenvalue weighted by atomic mass is 10.1. The molecule has 0 aliphatic carbocycles. The number of amides is 1. The monoisotopic (exact) mass is 326 g/mol. The smallest absolute Gasteiger partial charge is 0.245 e. The van der Waals surface area contributed by atoms with E-state index in [1.807, 2.05) is 24.2 Å². The molecule has 7 nitrogen and oxygen atoms in total. The minimum absolute atomic E-state index is 0.0220. The number of nitrogens with zero attached hydrogens (tertiary/aromatic N) is 4. The van der Waals surface area contributed by atoms with Crippen molar-refractivity contribution in [1.29, 1.82) is 0 Å². The molecule has 0 spiro atoms. The third-order valence-corrected chi connectivity index (χ3v) is 7.20. The van der Waals surface area contributed by atoms with Crippen molar-refractivity contribution >= 4 is 21.6 Å². The molecule has 122 valence electrons. The first-order chi connectivity index (χ1) is 10.2. The maximum Gasteiger partial charge on any atom is 0.245 e. The van der Waals surface area contributed by atoms with E-state index in [0.29, 0.717) is 31.9 Å². The molecule has 2 aliphatic rings. The van der Waals surface area contributed by atoms with Gasteiger partial charge < -0.3 is 0 Å². The molecule has 1 aromatic heterocycles. The maximum absolute atomic E-state index is 12.7. The number of aryl methyl sites for hydroxylation is 1. The van der Waals surface area contributed by atoms with Crippen molar-refractivity contribution in [3.05, 3.63) is 12.3 Å². The van der Waals surface area contributed by atoms with E-state index in [4.69, 9.17) is 0 Å². The second-order valence-corrected chi connectivity index (χ2v) is 9.43.